The number of aromatic nitrogens is 1. The highest BCUT2D eigenvalue weighted by molar-refractivity contribution is 6.31. The highest BCUT2D eigenvalue weighted by atomic mass is 35.5. The summed E-state index contributed by atoms with van der Waals surface area (Å²) >= 11 is 5.87. The van der Waals surface area contributed by atoms with Crippen LogP contribution >= 0.6 is 11.6 Å². The van der Waals surface area contributed by atoms with Crippen molar-refractivity contribution in [2.24, 2.45) is 0 Å². The van der Waals surface area contributed by atoms with Crippen LogP contribution in [0.2, 0.25) is 5.02 Å². The van der Waals surface area contributed by atoms with Gasteiger partial charge in [0.15, 0.2) is 0 Å². The summed E-state index contributed by atoms with van der Waals surface area (Å²) in [6, 6.07) is 7.45. The highest BCUT2D eigenvalue weighted by Gasteiger charge is 2.12. The number of rotatable bonds is 2. The molecule has 5 heteroatoms. The molecule has 1 aromatic heterocycles. The van der Waals surface area contributed by atoms with Crippen molar-refractivity contribution in [1.82, 2.24) is 4.98 Å². The average Bonchev–Trinajstić information content (AvgIpc) is 2.37. The molecule has 1 heterocycles. The Morgan fingerprint density at radius 2 is 2.00 bits per heavy atom. The molecule has 2 rings (SSSR count). The number of pyridine rings is 1. The topological polar surface area (TPSA) is 45.9 Å². The molecule has 1 aromatic carbocycles. The lowest BCUT2D eigenvalue weighted by Crippen LogP contribution is -1.95. The van der Waals surface area contributed by atoms with Gasteiger partial charge in [-0.1, -0.05) is 11.6 Å². The van der Waals surface area contributed by atoms with Crippen molar-refractivity contribution in [2.45, 2.75) is 6.92 Å². The van der Waals surface area contributed by atoms with Crippen LogP contribution in [-0.2, 0) is 0 Å². The van der Waals surface area contributed by atoms with Crippen molar-refractivity contribution >= 4 is 11.6 Å². The summed E-state index contributed by atoms with van der Waals surface area (Å²) in [6.07, 6.45) is 1.41. The van der Waals surface area contributed by atoms with Gasteiger partial charge in [-0.3, -0.25) is 0 Å². The maximum absolute atomic E-state index is 12.7. The first kappa shape index (κ1) is 12.3. The summed E-state index contributed by atoms with van der Waals surface area (Å²) in [5.41, 5.74) is 0.873. The van der Waals surface area contributed by atoms with E-state index in [2.05, 4.69) is 4.98 Å². The molecule has 0 aliphatic heterocycles. The van der Waals surface area contributed by atoms with Gasteiger partial charge in [0.2, 0.25) is 5.88 Å². The first-order chi connectivity index (χ1) is 8.61. The summed E-state index contributed by atoms with van der Waals surface area (Å²) in [4.78, 5) is 3.96. The summed E-state index contributed by atoms with van der Waals surface area (Å²) in [5.74, 6) is 0.205. The zero-order chi connectivity index (χ0) is 13.1. The molecule has 0 radical (unpaired) electrons. The Morgan fingerprint density at radius 1 is 1.33 bits per heavy atom. The van der Waals surface area contributed by atoms with Gasteiger partial charge in [0.1, 0.15) is 23.2 Å². The smallest absolute Gasteiger partial charge is 0.237 e. The first-order valence-electron chi connectivity index (χ1n) is 5.10. The number of ether oxygens (including phenoxy) is 1. The Morgan fingerprint density at radius 3 is 2.61 bits per heavy atom. The third-order valence-electron chi connectivity index (χ3n) is 2.38. The van der Waals surface area contributed by atoms with Gasteiger partial charge >= 0.3 is 0 Å². The summed E-state index contributed by atoms with van der Waals surface area (Å²) in [5, 5.41) is 9.46. The van der Waals surface area contributed by atoms with E-state index in [1.807, 2.05) is 6.07 Å². The second kappa shape index (κ2) is 5.03. The van der Waals surface area contributed by atoms with Gasteiger partial charge in [-0.2, -0.15) is 5.26 Å². The van der Waals surface area contributed by atoms with Crippen molar-refractivity contribution in [1.29, 1.82) is 5.26 Å². The van der Waals surface area contributed by atoms with E-state index in [9.17, 15) is 4.39 Å². The molecule has 0 aliphatic rings. The van der Waals surface area contributed by atoms with Crippen molar-refractivity contribution in [3.8, 4) is 17.7 Å². The fraction of sp³-hybridized carbons (Fsp3) is 0.0769. The normalized spacial score (nSPS) is 9.89. The number of nitrogens with zero attached hydrogens (tertiary/aromatic N) is 2. The number of benzene rings is 1. The second-order valence-electron chi connectivity index (χ2n) is 3.58. The van der Waals surface area contributed by atoms with Gasteiger partial charge < -0.3 is 4.74 Å². The molecule has 2 aromatic rings. The minimum atomic E-state index is -0.358. The fourth-order valence-electron chi connectivity index (χ4n) is 1.38. The van der Waals surface area contributed by atoms with Crippen LogP contribution in [0.25, 0.3) is 0 Å². The summed E-state index contributed by atoms with van der Waals surface area (Å²) in [7, 11) is 0. The van der Waals surface area contributed by atoms with Crippen LogP contribution in [0.4, 0.5) is 4.39 Å². The van der Waals surface area contributed by atoms with Crippen molar-refractivity contribution in [2.75, 3.05) is 0 Å². The van der Waals surface area contributed by atoms with E-state index in [0.717, 1.165) is 0 Å². The van der Waals surface area contributed by atoms with Gasteiger partial charge in [0, 0.05) is 6.20 Å². The van der Waals surface area contributed by atoms with Gasteiger partial charge in [-0.05, 0) is 36.8 Å². The van der Waals surface area contributed by atoms with Gasteiger partial charge in [0.05, 0.1) is 5.02 Å². The molecular weight excluding hydrogens is 255 g/mol. The van der Waals surface area contributed by atoms with E-state index in [4.69, 9.17) is 21.6 Å². The SMILES string of the molecule is Cc1c(Cl)cnc(Oc2ccc(F)cc2)c1C#N. The largest absolute Gasteiger partial charge is 0.438 e. The minimum absolute atomic E-state index is 0.158. The van der Waals surface area contributed by atoms with Crippen molar-refractivity contribution in [3.05, 3.63) is 52.4 Å². The number of hydrogen-bond acceptors (Lipinski definition) is 3. The molecule has 0 spiro atoms. The molecular formula is C13H8ClFN2O. The van der Waals surface area contributed by atoms with Crippen molar-refractivity contribution in [3.63, 3.8) is 0 Å². The Kier molecular flexibility index (Phi) is 3.45. The molecule has 0 N–H and O–H groups in total. The molecule has 0 saturated heterocycles. The lowest BCUT2D eigenvalue weighted by molar-refractivity contribution is 0.459. The number of nitriles is 1. The highest BCUT2D eigenvalue weighted by Crippen LogP contribution is 2.28. The molecule has 3 nitrogen and oxygen atoms in total. The second-order valence-corrected chi connectivity index (χ2v) is 3.99. The van der Waals surface area contributed by atoms with Crippen molar-refractivity contribution < 1.29 is 9.13 Å². The van der Waals surface area contributed by atoms with E-state index in [1.165, 1.54) is 30.5 Å². The Labute approximate surface area is 108 Å². The molecule has 0 aliphatic carbocycles. The van der Waals surface area contributed by atoms with Gasteiger partial charge in [0.25, 0.3) is 0 Å². The third-order valence-corrected chi connectivity index (χ3v) is 2.76. The fourth-order valence-corrected chi connectivity index (χ4v) is 1.52. The summed E-state index contributed by atoms with van der Waals surface area (Å²) in [6.45, 7) is 1.71. The lowest BCUT2D eigenvalue weighted by Gasteiger charge is -2.08. The molecule has 0 unspecified atom stereocenters. The standard InChI is InChI=1S/C13H8ClFN2O/c1-8-11(6-16)13(17-7-12(8)14)18-10-4-2-9(15)3-5-10/h2-5,7H,1H3. The maximum atomic E-state index is 12.7. The minimum Gasteiger partial charge on any atom is -0.438 e. The van der Waals surface area contributed by atoms with Gasteiger partial charge in [-0.15, -0.1) is 0 Å². The van der Waals surface area contributed by atoms with Gasteiger partial charge in [-0.25, -0.2) is 9.37 Å². The maximum Gasteiger partial charge on any atom is 0.237 e. The molecule has 0 amide bonds. The van der Waals surface area contributed by atoms with Crippen LogP contribution in [0.15, 0.2) is 30.5 Å². The average molecular weight is 263 g/mol. The molecule has 18 heavy (non-hydrogen) atoms. The van der Waals surface area contributed by atoms with Crippen LogP contribution in [0.3, 0.4) is 0 Å². The Bertz CT molecular complexity index is 620. The molecule has 0 fully saturated rings. The Hall–Kier alpha value is -2.12. The quantitative estimate of drug-likeness (QED) is 0.826. The number of hydrogen-bond donors (Lipinski definition) is 0. The monoisotopic (exact) mass is 262 g/mol. The molecule has 0 bridgehead atoms. The van der Waals surface area contributed by atoms with Crippen LogP contribution in [0.5, 0.6) is 11.6 Å². The van der Waals surface area contributed by atoms with Crippen LogP contribution in [0, 0.1) is 24.1 Å². The van der Waals surface area contributed by atoms with E-state index >= 15 is 0 Å². The van der Waals surface area contributed by atoms with E-state index in [-0.39, 0.29) is 17.3 Å². The van der Waals surface area contributed by atoms with E-state index < -0.39 is 0 Å². The predicted octanol–water partition coefficient (Wildman–Crippen LogP) is 3.85. The zero-order valence-corrected chi connectivity index (χ0v) is 10.2. The van der Waals surface area contributed by atoms with Crippen LogP contribution in [-0.4, -0.2) is 4.98 Å². The third kappa shape index (κ3) is 2.41. The van der Waals surface area contributed by atoms with E-state index in [0.29, 0.717) is 16.3 Å². The molecule has 0 saturated carbocycles. The number of halogens is 2. The Balaban J connectivity index is 2.38. The van der Waals surface area contributed by atoms with Crippen LogP contribution in [0.1, 0.15) is 11.1 Å². The predicted molar refractivity (Wildman–Crippen MR) is 65.2 cm³/mol. The summed E-state index contributed by atoms with van der Waals surface area (Å²) < 4.78 is 18.2. The van der Waals surface area contributed by atoms with E-state index in [1.54, 1.807) is 6.92 Å². The lowest BCUT2D eigenvalue weighted by atomic mass is 10.2. The molecule has 90 valence electrons. The van der Waals surface area contributed by atoms with Crippen LogP contribution < -0.4 is 4.74 Å². The first-order valence-corrected chi connectivity index (χ1v) is 5.48. The molecule has 0 atom stereocenters. The zero-order valence-electron chi connectivity index (χ0n) is 9.45.